The smallest absolute Gasteiger partial charge is 0.209 e. The number of phenolic OH excluding ortho intramolecular Hbond substituents is 1. The van der Waals surface area contributed by atoms with Gasteiger partial charge in [0.15, 0.2) is 0 Å². The number of rotatable bonds is 6. The lowest BCUT2D eigenvalue weighted by molar-refractivity contribution is 0.475. The minimum Gasteiger partial charge on any atom is -0.508 e. The maximum atomic E-state index is 9.88. The van der Waals surface area contributed by atoms with E-state index in [0.29, 0.717) is 6.54 Å². The molecule has 5 N–H and O–H groups in total. The molecule has 0 atom stereocenters. The van der Waals surface area contributed by atoms with E-state index in [1.165, 1.54) is 0 Å². The number of hydrogen-bond donors (Lipinski definition) is 4. The summed E-state index contributed by atoms with van der Waals surface area (Å²) in [4.78, 5) is 7.48. The van der Waals surface area contributed by atoms with Crippen LogP contribution >= 0.6 is 11.6 Å². The third-order valence-corrected chi connectivity index (χ3v) is 4.50. The van der Waals surface area contributed by atoms with Gasteiger partial charge in [-0.3, -0.25) is 4.99 Å². The lowest BCUT2D eigenvalue weighted by Gasteiger charge is -2.02. The van der Waals surface area contributed by atoms with E-state index in [9.17, 15) is 5.11 Å². The molecule has 7 heteroatoms. The van der Waals surface area contributed by atoms with Crippen molar-refractivity contribution < 1.29 is 5.11 Å². The number of fused-ring (bicyclic) bond motifs is 1. The molecule has 140 valence electrons. The van der Waals surface area contributed by atoms with Crippen LogP contribution in [0.25, 0.3) is 10.9 Å². The van der Waals surface area contributed by atoms with Crippen molar-refractivity contribution in [1.29, 1.82) is 0 Å². The van der Waals surface area contributed by atoms with Gasteiger partial charge in [0.05, 0.1) is 6.21 Å². The predicted octanol–water partition coefficient (Wildman–Crippen LogP) is 3.57. The molecule has 0 spiro atoms. The van der Waals surface area contributed by atoms with Crippen molar-refractivity contribution in [2.75, 3.05) is 6.54 Å². The Balaban J connectivity index is 1.60. The molecule has 0 fully saturated rings. The molecule has 0 amide bonds. The number of halogens is 1. The highest BCUT2D eigenvalue weighted by molar-refractivity contribution is 6.30. The van der Waals surface area contributed by atoms with Gasteiger partial charge in [-0.25, -0.2) is 5.43 Å². The van der Waals surface area contributed by atoms with Gasteiger partial charge in [-0.1, -0.05) is 30.7 Å². The number of phenols is 1. The molecule has 1 heterocycles. The van der Waals surface area contributed by atoms with Crippen LogP contribution in [0.2, 0.25) is 5.02 Å². The van der Waals surface area contributed by atoms with Crippen LogP contribution in [0, 0.1) is 0 Å². The zero-order valence-corrected chi connectivity index (χ0v) is 15.8. The second-order valence-corrected chi connectivity index (χ2v) is 6.57. The van der Waals surface area contributed by atoms with Gasteiger partial charge in [0, 0.05) is 34.2 Å². The Morgan fingerprint density at radius 2 is 2.07 bits per heavy atom. The Hall–Kier alpha value is -2.99. The first-order valence-electron chi connectivity index (χ1n) is 8.73. The zero-order valence-electron chi connectivity index (χ0n) is 15.0. The van der Waals surface area contributed by atoms with Gasteiger partial charge in [-0.2, -0.15) is 5.10 Å². The van der Waals surface area contributed by atoms with E-state index in [4.69, 9.17) is 17.3 Å². The van der Waals surface area contributed by atoms with Crippen molar-refractivity contribution in [2.24, 2.45) is 15.8 Å². The molecule has 6 nitrogen and oxygen atoms in total. The fourth-order valence-corrected chi connectivity index (χ4v) is 2.98. The SMILES string of the molecule is CCc1cc(O)cc2c(/C=N/NC(N)=NCCc3ccc(Cl)cc3)c[nH]c12. The van der Waals surface area contributed by atoms with Gasteiger partial charge >= 0.3 is 0 Å². The number of guanidine groups is 1. The number of aromatic amines is 1. The molecular formula is C20H22ClN5O. The molecule has 2 aromatic carbocycles. The fraction of sp³-hybridized carbons (Fsp3) is 0.200. The number of H-pyrrole nitrogens is 1. The van der Waals surface area contributed by atoms with Crippen LogP contribution in [0.1, 0.15) is 23.6 Å². The Labute approximate surface area is 162 Å². The average molecular weight is 384 g/mol. The number of nitrogens with two attached hydrogens (primary N) is 1. The number of hydrogen-bond acceptors (Lipinski definition) is 3. The second-order valence-electron chi connectivity index (χ2n) is 6.14. The summed E-state index contributed by atoms with van der Waals surface area (Å²) in [6.45, 7) is 2.60. The second kappa shape index (κ2) is 8.60. The molecule has 0 aliphatic heterocycles. The van der Waals surface area contributed by atoms with Gasteiger partial charge < -0.3 is 15.8 Å². The highest BCUT2D eigenvalue weighted by Gasteiger charge is 2.07. The van der Waals surface area contributed by atoms with E-state index in [0.717, 1.165) is 45.5 Å². The third-order valence-electron chi connectivity index (χ3n) is 4.25. The standard InChI is InChI=1S/C20H22ClN5O/c1-2-14-9-17(27)10-18-15(11-24-19(14)18)12-25-26-20(22)23-8-7-13-3-5-16(21)6-4-13/h3-6,9-12,24,27H,2,7-8H2,1H3,(H3,22,23,26)/b25-12+. The summed E-state index contributed by atoms with van der Waals surface area (Å²) in [5, 5.41) is 15.7. The first-order chi connectivity index (χ1) is 13.1. The Bertz CT molecular complexity index is 976. The van der Waals surface area contributed by atoms with Crippen molar-refractivity contribution in [2.45, 2.75) is 19.8 Å². The lowest BCUT2D eigenvalue weighted by atomic mass is 10.1. The maximum Gasteiger partial charge on any atom is 0.209 e. The monoisotopic (exact) mass is 383 g/mol. The topological polar surface area (TPSA) is 98.8 Å². The number of aromatic hydroxyl groups is 1. The summed E-state index contributed by atoms with van der Waals surface area (Å²) < 4.78 is 0. The van der Waals surface area contributed by atoms with Crippen LogP contribution in [-0.2, 0) is 12.8 Å². The van der Waals surface area contributed by atoms with Crippen molar-refractivity contribution in [3.05, 3.63) is 64.3 Å². The largest absolute Gasteiger partial charge is 0.508 e. The number of hydrazone groups is 1. The lowest BCUT2D eigenvalue weighted by Crippen LogP contribution is -2.27. The van der Waals surface area contributed by atoms with Crippen molar-refractivity contribution in [3.63, 3.8) is 0 Å². The summed E-state index contributed by atoms with van der Waals surface area (Å²) in [5.41, 5.74) is 12.6. The van der Waals surface area contributed by atoms with Gasteiger partial charge in [-0.05, 0) is 48.2 Å². The van der Waals surface area contributed by atoms with Crippen LogP contribution in [-0.4, -0.2) is 28.8 Å². The van der Waals surface area contributed by atoms with E-state index in [1.54, 1.807) is 18.3 Å². The van der Waals surface area contributed by atoms with Gasteiger partial charge in [0.25, 0.3) is 0 Å². The van der Waals surface area contributed by atoms with Crippen LogP contribution in [0.4, 0.5) is 0 Å². The highest BCUT2D eigenvalue weighted by atomic mass is 35.5. The summed E-state index contributed by atoms with van der Waals surface area (Å²) in [7, 11) is 0. The molecule has 0 aliphatic carbocycles. The molecule has 0 radical (unpaired) electrons. The van der Waals surface area contributed by atoms with Crippen molar-refractivity contribution in [3.8, 4) is 5.75 Å². The zero-order chi connectivity index (χ0) is 19.2. The van der Waals surface area contributed by atoms with E-state index in [-0.39, 0.29) is 11.7 Å². The number of nitrogens with one attached hydrogen (secondary N) is 2. The van der Waals surface area contributed by atoms with Crippen LogP contribution < -0.4 is 11.2 Å². The average Bonchev–Trinajstić information content (AvgIpc) is 3.05. The minimum absolute atomic E-state index is 0.241. The fourth-order valence-electron chi connectivity index (χ4n) is 2.86. The van der Waals surface area contributed by atoms with E-state index in [2.05, 4.69) is 20.5 Å². The van der Waals surface area contributed by atoms with E-state index < -0.39 is 0 Å². The quantitative estimate of drug-likeness (QED) is 0.297. The van der Waals surface area contributed by atoms with Gasteiger partial charge in [0.2, 0.25) is 5.96 Å². The molecule has 27 heavy (non-hydrogen) atoms. The molecule has 0 saturated heterocycles. The predicted molar refractivity (Wildman–Crippen MR) is 112 cm³/mol. The maximum absolute atomic E-state index is 9.88. The minimum atomic E-state index is 0.241. The number of nitrogens with zero attached hydrogens (tertiary/aromatic N) is 2. The summed E-state index contributed by atoms with van der Waals surface area (Å²) in [5.74, 6) is 0.488. The third kappa shape index (κ3) is 4.80. The molecule has 0 unspecified atom stereocenters. The molecule has 0 bridgehead atoms. The number of aromatic nitrogens is 1. The van der Waals surface area contributed by atoms with E-state index >= 15 is 0 Å². The van der Waals surface area contributed by atoms with Crippen LogP contribution in [0.3, 0.4) is 0 Å². The van der Waals surface area contributed by atoms with Crippen molar-refractivity contribution in [1.82, 2.24) is 10.4 Å². The van der Waals surface area contributed by atoms with E-state index in [1.807, 2.05) is 37.4 Å². The summed E-state index contributed by atoms with van der Waals surface area (Å²) in [6.07, 6.45) is 5.10. The number of benzene rings is 2. The van der Waals surface area contributed by atoms with Crippen LogP contribution in [0.15, 0.2) is 52.7 Å². The first kappa shape index (κ1) is 18.8. The summed E-state index contributed by atoms with van der Waals surface area (Å²) >= 11 is 5.87. The molecule has 0 aliphatic rings. The van der Waals surface area contributed by atoms with Gasteiger partial charge in [0.1, 0.15) is 5.75 Å². The molecular weight excluding hydrogens is 362 g/mol. The normalized spacial score (nSPS) is 12.1. The molecule has 1 aromatic heterocycles. The van der Waals surface area contributed by atoms with Crippen molar-refractivity contribution >= 4 is 34.7 Å². The Morgan fingerprint density at radius 1 is 1.30 bits per heavy atom. The Kier molecular flexibility index (Phi) is 5.98. The first-order valence-corrected chi connectivity index (χ1v) is 9.11. The molecule has 3 aromatic rings. The number of aliphatic imine (C=N–C) groups is 1. The Morgan fingerprint density at radius 3 is 2.81 bits per heavy atom. The van der Waals surface area contributed by atoms with Gasteiger partial charge in [-0.15, -0.1) is 0 Å². The summed E-state index contributed by atoms with van der Waals surface area (Å²) in [6, 6.07) is 11.1. The molecule has 0 saturated carbocycles. The van der Waals surface area contributed by atoms with Crippen LogP contribution in [0.5, 0.6) is 5.75 Å². The number of aryl methyl sites for hydroxylation is 1. The molecule has 3 rings (SSSR count). The highest BCUT2D eigenvalue weighted by Crippen LogP contribution is 2.26.